The smallest absolute Gasteiger partial charge is 0.0537 e. The van der Waals surface area contributed by atoms with Crippen LogP contribution in [-0.2, 0) is 13.6 Å². The highest BCUT2D eigenvalue weighted by atomic mass is 15.3. The van der Waals surface area contributed by atoms with Crippen molar-refractivity contribution in [3.63, 3.8) is 0 Å². The Hall–Kier alpha value is -0.870. The van der Waals surface area contributed by atoms with E-state index in [9.17, 15) is 0 Å². The third-order valence-corrected chi connectivity index (χ3v) is 2.99. The molecule has 0 bridgehead atoms. The average Bonchev–Trinajstić information content (AvgIpc) is 2.54. The normalized spacial score (nSPS) is 13.4. The Bertz CT molecular complexity index is 317. The van der Waals surface area contributed by atoms with Gasteiger partial charge in [-0.05, 0) is 40.9 Å². The zero-order chi connectivity index (χ0) is 12.1. The number of nitrogens with zero attached hydrogens (tertiary/aromatic N) is 3. The third kappa shape index (κ3) is 3.94. The van der Waals surface area contributed by atoms with E-state index < -0.39 is 0 Å². The lowest BCUT2D eigenvalue weighted by atomic mass is 10.2. The van der Waals surface area contributed by atoms with Crippen LogP contribution in [0.4, 0.5) is 0 Å². The van der Waals surface area contributed by atoms with Gasteiger partial charge in [0.15, 0.2) is 0 Å². The van der Waals surface area contributed by atoms with E-state index in [1.165, 1.54) is 17.7 Å². The van der Waals surface area contributed by atoms with Crippen LogP contribution in [0.25, 0.3) is 0 Å². The summed E-state index contributed by atoms with van der Waals surface area (Å²) in [5.41, 5.74) is 2.53. The molecule has 1 atom stereocenters. The van der Waals surface area contributed by atoms with Crippen LogP contribution in [-0.4, -0.2) is 41.4 Å². The van der Waals surface area contributed by atoms with Crippen molar-refractivity contribution in [3.05, 3.63) is 17.5 Å². The molecule has 0 radical (unpaired) electrons. The molecule has 0 saturated carbocycles. The molecule has 4 heteroatoms. The lowest BCUT2D eigenvalue weighted by Crippen LogP contribution is -2.29. The maximum atomic E-state index is 4.24. The highest BCUT2D eigenvalue weighted by Crippen LogP contribution is 2.05. The Balaban J connectivity index is 2.31. The first-order valence-electron chi connectivity index (χ1n) is 5.86. The van der Waals surface area contributed by atoms with Crippen molar-refractivity contribution in [3.8, 4) is 0 Å². The van der Waals surface area contributed by atoms with E-state index >= 15 is 0 Å². The molecule has 1 rings (SSSR count). The van der Waals surface area contributed by atoms with E-state index in [1.54, 1.807) is 0 Å². The summed E-state index contributed by atoms with van der Waals surface area (Å²) < 4.78 is 1.92. The summed E-state index contributed by atoms with van der Waals surface area (Å²) in [6, 6.07) is 0.544. The standard InChI is InChI=1S/C12H24N4/c1-10(6-7-15(3)4)13-8-12-9-14-16(5)11(12)2/h9-10,13H,6-8H2,1-5H3. The molecule has 0 amide bonds. The fourth-order valence-electron chi connectivity index (χ4n) is 1.56. The van der Waals surface area contributed by atoms with Crippen molar-refractivity contribution < 1.29 is 0 Å². The lowest BCUT2D eigenvalue weighted by molar-refractivity contribution is 0.365. The van der Waals surface area contributed by atoms with E-state index in [2.05, 4.69) is 43.3 Å². The second kappa shape index (κ2) is 6.01. The van der Waals surface area contributed by atoms with Gasteiger partial charge in [0.2, 0.25) is 0 Å². The van der Waals surface area contributed by atoms with Crippen molar-refractivity contribution in [1.82, 2.24) is 20.0 Å². The van der Waals surface area contributed by atoms with Crippen LogP contribution in [0.5, 0.6) is 0 Å². The number of aryl methyl sites for hydroxylation is 1. The van der Waals surface area contributed by atoms with Gasteiger partial charge in [-0.15, -0.1) is 0 Å². The van der Waals surface area contributed by atoms with Crippen LogP contribution >= 0.6 is 0 Å². The van der Waals surface area contributed by atoms with Crippen LogP contribution in [0.3, 0.4) is 0 Å². The molecule has 0 aliphatic heterocycles. The fraction of sp³-hybridized carbons (Fsp3) is 0.750. The highest BCUT2D eigenvalue weighted by Gasteiger charge is 2.06. The van der Waals surface area contributed by atoms with E-state index in [4.69, 9.17) is 0 Å². The minimum atomic E-state index is 0.544. The molecule has 0 aliphatic rings. The number of aromatic nitrogens is 2. The molecule has 0 aliphatic carbocycles. The molecule has 0 aromatic carbocycles. The first-order valence-corrected chi connectivity index (χ1v) is 5.86. The summed E-state index contributed by atoms with van der Waals surface area (Å²) in [6.45, 7) is 6.37. The molecule has 0 spiro atoms. The van der Waals surface area contributed by atoms with Gasteiger partial charge in [-0.25, -0.2) is 0 Å². The Morgan fingerprint density at radius 3 is 2.69 bits per heavy atom. The molecule has 1 heterocycles. The van der Waals surface area contributed by atoms with Gasteiger partial charge in [0.25, 0.3) is 0 Å². The third-order valence-electron chi connectivity index (χ3n) is 2.99. The maximum absolute atomic E-state index is 4.24. The van der Waals surface area contributed by atoms with Crippen LogP contribution < -0.4 is 5.32 Å². The van der Waals surface area contributed by atoms with E-state index in [-0.39, 0.29) is 0 Å². The molecule has 0 fully saturated rings. The average molecular weight is 224 g/mol. The van der Waals surface area contributed by atoms with Gasteiger partial charge < -0.3 is 10.2 Å². The minimum absolute atomic E-state index is 0.544. The molecule has 4 nitrogen and oxygen atoms in total. The second-order valence-corrected chi connectivity index (χ2v) is 4.75. The predicted octanol–water partition coefficient (Wildman–Crippen LogP) is 1.16. The first kappa shape index (κ1) is 13.2. The van der Waals surface area contributed by atoms with Gasteiger partial charge in [-0.1, -0.05) is 0 Å². The van der Waals surface area contributed by atoms with Crippen molar-refractivity contribution in [2.24, 2.45) is 7.05 Å². The molecule has 16 heavy (non-hydrogen) atoms. The molecule has 0 saturated heterocycles. The van der Waals surface area contributed by atoms with Crippen molar-refractivity contribution in [1.29, 1.82) is 0 Å². The van der Waals surface area contributed by atoms with Crippen LogP contribution in [0.1, 0.15) is 24.6 Å². The summed E-state index contributed by atoms with van der Waals surface area (Å²) >= 11 is 0. The minimum Gasteiger partial charge on any atom is -0.310 e. The van der Waals surface area contributed by atoms with Crippen LogP contribution in [0.15, 0.2) is 6.20 Å². The van der Waals surface area contributed by atoms with Crippen molar-refractivity contribution >= 4 is 0 Å². The van der Waals surface area contributed by atoms with E-state index in [0.717, 1.165) is 13.1 Å². The van der Waals surface area contributed by atoms with Gasteiger partial charge in [0.1, 0.15) is 0 Å². The van der Waals surface area contributed by atoms with Crippen LogP contribution in [0.2, 0.25) is 0 Å². The summed E-state index contributed by atoms with van der Waals surface area (Å²) in [5.74, 6) is 0. The summed E-state index contributed by atoms with van der Waals surface area (Å²) in [4.78, 5) is 2.22. The van der Waals surface area contributed by atoms with E-state index in [1.807, 2.05) is 17.9 Å². The maximum Gasteiger partial charge on any atom is 0.0537 e. The Morgan fingerprint density at radius 1 is 1.50 bits per heavy atom. The zero-order valence-electron chi connectivity index (χ0n) is 11.1. The molecule has 92 valence electrons. The van der Waals surface area contributed by atoms with Crippen molar-refractivity contribution in [2.75, 3.05) is 20.6 Å². The molecule has 1 N–H and O–H groups in total. The summed E-state index contributed by atoms with van der Waals surface area (Å²) in [5, 5.41) is 7.77. The molecular weight excluding hydrogens is 200 g/mol. The SMILES string of the molecule is Cc1c(CNC(C)CCN(C)C)cnn1C. The van der Waals surface area contributed by atoms with Crippen molar-refractivity contribution in [2.45, 2.75) is 32.9 Å². The van der Waals surface area contributed by atoms with Gasteiger partial charge in [-0.2, -0.15) is 5.10 Å². The highest BCUT2D eigenvalue weighted by molar-refractivity contribution is 5.15. The van der Waals surface area contributed by atoms with Gasteiger partial charge in [0.05, 0.1) is 6.20 Å². The molecule has 1 aromatic rings. The Morgan fingerprint density at radius 2 is 2.19 bits per heavy atom. The first-order chi connectivity index (χ1) is 7.50. The van der Waals surface area contributed by atoms with E-state index in [0.29, 0.717) is 6.04 Å². The number of hydrogen-bond donors (Lipinski definition) is 1. The Labute approximate surface area is 98.6 Å². The predicted molar refractivity (Wildman–Crippen MR) is 67.4 cm³/mol. The monoisotopic (exact) mass is 224 g/mol. The van der Waals surface area contributed by atoms with Gasteiger partial charge in [-0.3, -0.25) is 4.68 Å². The summed E-state index contributed by atoms with van der Waals surface area (Å²) in [7, 11) is 6.20. The topological polar surface area (TPSA) is 33.1 Å². The Kier molecular flexibility index (Phi) is 4.96. The summed E-state index contributed by atoms with van der Waals surface area (Å²) in [6.07, 6.45) is 3.12. The molecular formula is C12H24N4. The quantitative estimate of drug-likeness (QED) is 0.787. The lowest BCUT2D eigenvalue weighted by Gasteiger charge is -2.16. The van der Waals surface area contributed by atoms with Gasteiger partial charge >= 0.3 is 0 Å². The molecule has 1 unspecified atom stereocenters. The number of rotatable bonds is 6. The largest absolute Gasteiger partial charge is 0.310 e. The second-order valence-electron chi connectivity index (χ2n) is 4.75. The zero-order valence-corrected chi connectivity index (χ0v) is 11.1. The number of nitrogens with one attached hydrogen (secondary N) is 1. The molecule has 1 aromatic heterocycles. The van der Waals surface area contributed by atoms with Crippen LogP contribution in [0, 0.1) is 6.92 Å². The fourth-order valence-corrected chi connectivity index (χ4v) is 1.56. The van der Waals surface area contributed by atoms with Gasteiger partial charge in [0, 0.05) is 30.9 Å². The number of hydrogen-bond acceptors (Lipinski definition) is 3.